The maximum Gasteiger partial charge on any atom is 0.472 e. The Balaban J connectivity index is 4.56. The first-order valence-electron chi connectivity index (χ1n) is 21.3. The van der Waals surface area contributed by atoms with E-state index in [9.17, 15) is 24.2 Å². The lowest BCUT2D eigenvalue weighted by atomic mass is 10.1. The first-order chi connectivity index (χ1) is 27.3. The van der Waals surface area contributed by atoms with E-state index in [1.54, 1.807) is 0 Å². The van der Waals surface area contributed by atoms with Gasteiger partial charge in [-0.15, -0.1) is 0 Å². The predicted molar refractivity (Wildman–Crippen MR) is 235 cm³/mol. The van der Waals surface area contributed by atoms with Crippen LogP contribution in [0.4, 0.5) is 0 Å². The number of esters is 2. The smallest absolute Gasteiger partial charge is 0.462 e. The monoisotopic (exact) mass is 821 g/mol. The minimum absolute atomic E-state index is 0.00583. The molecule has 0 aromatic rings. The number of aliphatic hydroxyl groups excluding tert-OH is 1. The first-order valence-corrected chi connectivity index (χ1v) is 22.8. The molecule has 11 heteroatoms. The minimum Gasteiger partial charge on any atom is -0.462 e. The van der Waals surface area contributed by atoms with Crippen molar-refractivity contribution < 1.29 is 47.2 Å². The molecule has 0 heterocycles. The molecule has 0 fully saturated rings. The largest absolute Gasteiger partial charge is 0.472 e. The van der Waals surface area contributed by atoms with E-state index < -0.39 is 32.5 Å². The van der Waals surface area contributed by atoms with Crippen LogP contribution in [-0.2, 0) is 32.7 Å². The van der Waals surface area contributed by atoms with Gasteiger partial charge in [0.15, 0.2) is 6.10 Å². The fourth-order valence-corrected chi connectivity index (χ4v) is 5.77. The lowest BCUT2D eigenvalue weighted by Crippen LogP contribution is -2.37. The average molecular weight is 821 g/mol. The van der Waals surface area contributed by atoms with Gasteiger partial charge in [-0.25, -0.2) is 4.57 Å². The summed E-state index contributed by atoms with van der Waals surface area (Å²) in [6, 6.07) is 0. The van der Waals surface area contributed by atoms with Gasteiger partial charge in [-0.05, 0) is 103 Å². The van der Waals surface area contributed by atoms with Gasteiger partial charge in [0.2, 0.25) is 0 Å². The highest BCUT2D eigenvalue weighted by Gasteiger charge is 2.27. The van der Waals surface area contributed by atoms with Crippen molar-refractivity contribution in [2.24, 2.45) is 0 Å². The number of hydrogen-bond acceptors (Lipinski definition) is 8. The number of unbranched alkanes of at least 4 members (excludes halogenated alkanes) is 7. The van der Waals surface area contributed by atoms with Crippen LogP contribution in [0.1, 0.15) is 136 Å². The Morgan fingerprint density at radius 2 is 1.07 bits per heavy atom. The van der Waals surface area contributed by atoms with E-state index in [2.05, 4.69) is 85.9 Å². The third-order valence-corrected chi connectivity index (χ3v) is 9.40. The second-order valence-electron chi connectivity index (χ2n) is 15.3. The molecule has 0 aliphatic heterocycles. The van der Waals surface area contributed by atoms with Crippen molar-refractivity contribution in [2.75, 3.05) is 47.5 Å². The molecule has 3 atom stereocenters. The highest BCUT2D eigenvalue weighted by molar-refractivity contribution is 7.47. The quantitative estimate of drug-likeness (QED) is 0.0207. The van der Waals surface area contributed by atoms with Crippen LogP contribution in [0.15, 0.2) is 85.1 Å². The van der Waals surface area contributed by atoms with Crippen LogP contribution in [0.2, 0.25) is 0 Å². The number of carbonyl (C=O) groups excluding carboxylic acids is 2. The molecule has 0 bridgehead atoms. The van der Waals surface area contributed by atoms with E-state index in [-0.39, 0.29) is 32.2 Å². The Bertz CT molecular complexity index is 1260. The van der Waals surface area contributed by atoms with E-state index in [1.165, 1.54) is 19.3 Å². The molecule has 0 aliphatic rings. The number of aliphatic hydroxyl groups is 1. The molecule has 10 nitrogen and oxygen atoms in total. The zero-order chi connectivity index (χ0) is 42.3. The van der Waals surface area contributed by atoms with Gasteiger partial charge in [-0.1, -0.05) is 105 Å². The molecule has 0 radical (unpaired) electrons. The standard InChI is InChI=1S/C46H78NO9P/c1-6-7-8-9-10-11-12-13-15-20-23-26-29-32-35-38-46(50)56-44(42-55-57(51,52)54-40-39-47(3,4)5)41-53-45(49)37-34-31-28-25-22-19-17-14-16-18-21-24-27-30-33-36-43(2)48/h10-11,13,15-19,23-28,43-44,48H,6-9,12,14,20-22,29-42H2,1-5H3/p+1/b11-10-,15-13-,18-16-,19-17-,26-23-,27-24-,28-25-/t43-,44-/m1/s1. The van der Waals surface area contributed by atoms with Gasteiger partial charge in [0.05, 0.1) is 33.9 Å². The molecule has 2 N–H and O–H groups in total. The zero-order valence-electron chi connectivity index (χ0n) is 36.1. The molecule has 1 unspecified atom stereocenters. The van der Waals surface area contributed by atoms with Crippen molar-refractivity contribution in [3.63, 3.8) is 0 Å². The van der Waals surface area contributed by atoms with E-state index in [1.807, 2.05) is 34.1 Å². The Labute approximate surface area is 346 Å². The number of phosphoric acid groups is 1. The number of allylic oxidation sites excluding steroid dienone is 14. The number of nitrogens with zero attached hydrogens (tertiary/aromatic N) is 1. The Morgan fingerprint density at radius 3 is 1.56 bits per heavy atom. The minimum atomic E-state index is -4.41. The number of carbonyl (C=O) groups is 2. The van der Waals surface area contributed by atoms with Gasteiger partial charge in [0.25, 0.3) is 0 Å². The van der Waals surface area contributed by atoms with Gasteiger partial charge in [0.1, 0.15) is 19.8 Å². The SMILES string of the molecule is CCCCC/C=C\C/C=C\C/C=C\CCCCC(=O)O[C@H](COC(=O)CCC/C=C\C/C=C\C/C=C\C/C=C\CCC[C@@H](C)O)COP(=O)(O)OCC[N+](C)(C)C. The second kappa shape index (κ2) is 37.4. The molecule has 0 spiro atoms. The van der Waals surface area contributed by atoms with Crippen LogP contribution in [0.25, 0.3) is 0 Å². The van der Waals surface area contributed by atoms with Crippen LogP contribution in [0, 0.1) is 0 Å². The van der Waals surface area contributed by atoms with Gasteiger partial charge in [-0.3, -0.25) is 18.6 Å². The normalized spacial score (nSPS) is 15.0. The second-order valence-corrected chi connectivity index (χ2v) is 16.8. The summed E-state index contributed by atoms with van der Waals surface area (Å²) in [6.45, 7) is 3.79. The highest BCUT2D eigenvalue weighted by Crippen LogP contribution is 2.43. The fourth-order valence-electron chi connectivity index (χ4n) is 5.03. The predicted octanol–water partition coefficient (Wildman–Crippen LogP) is 11.0. The Hall–Kier alpha value is -2.85. The maximum atomic E-state index is 12.7. The first kappa shape index (κ1) is 54.2. The Kier molecular flexibility index (Phi) is 35.6. The van der Waals surface area contributed by atoms with Crippen LogP contribution >= 0.6 is 7.82 Å². The highest BCUT2D eigenvalue weighted by atomic mass is 31.2. The zero-order valence-corrected chi connectivity index (χ0v) is 37.0. The van der Waals surface area contributed by atoms with Gasteiger partial charge in [-0.2, -0.15) is 0 Å². The number of phosphoric ester groups is 1. The van der Waals surface area contributed by atoms with Crippen LogP contribution in [0.3, 0.4) is 0 Å². The molecular weight excluding hydrogens is 741 g/mol. The molecular formula is C46H79NO9P+. The number of ether oxygens (including phenoxy) is 2. The van der Waals surface area contributed by atoms with Gasteiger partial charge >= 0.3 is 19.8 Å². The number of quaternary nitrogens is 1. The number of likely N-dealkylation sites (N-methyl/N-ethyl adjacent to an activating group) is 1. The summed E-state index contributed by atoms with van der Waals surface area (Å²) in [5, 5.41) is 9.27. The van der Waals surface area contributed by atoms with Crippen LogP contribution in [-0.4, -0.2) is 86.1 Å². The molecule has 57 heavy (non-hydrogen) atoms. The number of hydrogen-bond donors (Lipinski definition) is 2. The summed E-state index contributed by atoms with van der Waals surface area (Å²) in [4.78, 5) is 35.3. The molecule has 0 aromatic carbocycles. The molecule has 0 rings (SSSR count). The number of rotatable bonds is 37. The third kappa shape index (κ3) is 42.6. The van der Waals surface area contributed by atoms with Crippen molar-refractivity contribution in [1.29, 1.82) is 0 Å². The molecule has 0 saturated heterocycles. The summed E-state index contributed by atoms with van der Waals surface area (Å²) in [7, 11) is 1.39. The van der Waals surface area contributed by atoms with Crippen molar-refractivity contribution in [2.45, 2.75) is 148 Å². The fraction of sp³-hybridized carbons (Fsp3) is 0.652. The van der Waals surface area contributed by atoms with Gasteiger partial charge < -0.3 is 24.0 Å². The summed E-state index contributed by atoms with van der Waals surface area (Å²) < 4.78 is 34.1. The summed E-state index contributed by atoms with van der Waals surface area (Å²) >= 11 is 0. The summed E-state index contributed by atoms with van der Waals surface area (Å²) in [6.07, 6.45) is 44.9. The van der Waals surface area contributed by atoms with E-state index >= 15 is 0 Å². The average Bonchev–Trinajstić information content (AvgIpc) is 3.14. The summed E-state index contributed by atoms with van der Waals surface area (Å²) in [5.41, 5.74) is 0. The van der Waals surface area contributed by atoms with Crippen molar-refractivity contribution in [1.82, 2.24) is 0 Å². The van der Waals surface area contributed by atoms with E-state index in [0.29, 0.717) is 23.9 Å². The van der Waals surface area contributed by atoms with Crippen molar-refractivity contribution >= 4 is 19.8 Å². The van der Waals surface area contributed by atoms with Gasteiger partial charge in [0, 0.05) is 12.8 Å². The summed E-state index contributed by atoms with van der Waals surface area (Å²) in [5.74, 6) is -0.936. The molecule has 0 aliphatic carbocycles. The molecule has 0 saturated carbocycles. The van der Waals surface area contributed by atoms with Crippen LogP contribution in [0.5, 0.6) is 0 Å². The topological polar surface area (TPSA) is 129 Å². The Morgan fingerprint density at radius 1 is 0.614 bits per heavy atom. The van der Waals surface area contributed by atoms with Crippen molar-refractivity contribution in [3.05, 3.63) is 85.1 Å². The lowest BCUT2D eigenvalue weighted by molar-refractivity contribution is -0.870. The van der Waals surface area contributed by atoms with Crippen molar-refractivity contribution in [3.8, 4) is 0 Å². The van der Waals surface area contributed by atoms with Crippen LogP contribution < -0.4 is 0 Å². The van der Waals surface area contributed by atoms with E-state index in [4.69, 9.17) is 18.5 Å². The molecule has 0 aromatic heterocycles. The third-order valence-electron chi connectivity index (χ3n) is 8.42. The lowest BCUT2D eigenvalue weighted by Gasteiger charge is -2.24. The molecule has 326 valence electrons. The molecule has 0 amide bonds. The maximum absolute atomic E-state index is 12.7. The van der Waals surface area contributed by atoms with E-state index in [0.717, 1.165) is 77.0 Å².